The monoisotopic (exact) mass is 1370 g/mol. The highest BCUT2D eigenvalue weighted by Crippen LogP contribution is 2.41. The number of likely N-dealkylation sites (tertiary alicyclic amines) is 2. The molecule has 95 heavy (non-hydrogen) atoms. The molecule has 9 aliphatic rings. The molecule has 3 amide bonds. The van der Waals surface area contributed by atoms with E-state index in [2.05, 4.69) is 114 Å². The zero-order valence-electron chi connectivity index (χ0n) is 61.6. The van der Waals surface area contributed by atoms with Crippen molar-refractivity contribution in [2.75, 3.05) is 87.6 Å². The number of allylic oxidation sites excluding steroid dienone is 2. The lowest BCUT2D eigenvalue weighted by atomic mass is 9.72. The van der Waals surface area contributed by atoms with Gasteiger partial charge in [0, 0.05) is 56.8 Å². The Hall–Kier alpha value is -3.91. The van der Waals surface area contributed by atoms with Crippen molar-refractivity contribution in [3.05, 3.63) is 46.7 Å². The summed E-state index contributed by atoms with van der Waals surface area (Å²) in [5, 5.41) is 12.4. The first-order chi connectivity index (χ1) is 44.1. The van der Waals surface area contributed by atoms with E-state index >= 15 is 0 Å². The van der Waals surface area contributed by atoms with Crippen molar-refractivity contribution in [2.45, 2.75) is 276 Å². The topological polar surface area (TPSA) is 202 Å². The van der Waals surface area contributed by atoms with Crippen LogP contribution < -0.4 is 21.3 Å². The molecule has 546 valence electrons. The summed E-state index contributed by atoms with van der Waals surface area (Å²) >= 11 is 0. The maximum atomic E-state index is 11.9. The molecule has 2 atom stereocenters. The molecule has 0 aromatic carbocycles. The van der Waals surface area contributed by atoms with Crippen LogP contribution in [-0.4, -0.2) is 199 Å². The van der Waals surface area contributed by atoms with Crippen LogP contribution in [0.25, 0.3) is 0 Å². The van der Waals surface area contributed by atoms with Crippen molar-refractivity contribution in [3.63, 3.8) is 0 Å². The predicted octanol–water partition coefficient (Wildman–Crippen LogP) is 13.5. The Bertz CT molecular complexity index is 2630. The number of alkyl halides is 3. The van der Waals surface area contributed by atoms with Crippen LogP contribution in [0.2, 0.25) is 0 Å². The maximum absolute atomic E-state index is 11.9. The van der Waals surface area contributed by atoms with Gasteiger partial charge in [0.2, 0.25) is 0 Å². The fourth-order valence-corrected chi connectivity index (χ4v) is 14.1. The fraction of sp³-hybridized carbons (Fsp3) is 0.845. The normalized spacial score (nSPS) is 27.0. The van der Waals surface area contributed by atoms with Gasteiger partial charge in [-0.1, -0.05) is 18.2 Å². The SMILES string of the molecule is CC(C)(C)OC(=O)NC1CC=C(B2OC(C)(C)C(C)(C)O2)CC1.CN1CC=C(C2=CCC(NC(=O)OC(C)(C)C)CC2)CC1.CN1CC=C(OS(=O)(=O)C(F)(F)F)CC1.CN1CCC(C2CCC(NC(=O)OC(C)(C)C)CC2)CC1.CNC1CCC(C2CCN(C)CC2)CC1. The van der Waals surface area contributed by atoms with Gasteiger partial charge in [-0.25, -0.2) is 14.4 Å². The third-order valence-electron chi connectivity index (χ3n) is 20.1. The number of amides is 3. The number of alkyl carbamates (subject to hydrolysis) is 3. The molecule has 9 rings (SSSR count). The molecule has 0 radical (unpaired) electrons. The number of carbonyl (C=O) groups excluding carboxylic acids is 3. The number of carbonyl (C=O) groups is 3. The highest BCUT2D eigenvalue weighted by molar-refractivity contribution is 7.87. The quantitative estimate of drug-likeness (QED) is 0.0696. The summed E-state index contributed by atoms with van der Waals surface area (Å²) in [4.78, 5) is 44.5. The third-order valence-corrected chi connectivity index (χ3v) is 21.1. The van der Waals surface area contributed by atoms with E-state index in [1.807, 2.05) is 67.2 Å². The minimum absolute atomic E-state index is 0.107. The Labute approximate surface area is 571 Å². The molecule has 0 aromatic heterocycles. The van der Waals surface area contributed by atoms with E-state index in [-0.39, 0.29) is 60.9 Å². The zero-order chi connectivity index (χ0) is 70.7. The van der Waals surface area contributed by atoms with Crippen molar-refractivity contribution in [1.29, 1.82) is 0 Å². The van der Waals surface area contributed by atoms with Crippen LogP contribution in [0.5, 0.6) is 0 Å². The van der Waals surface area contributed by atoms with Gasteiger partial charge in [-0.3, -0.25) is 0 Å². The van der Waals surface area contributed by atoms with Gasteiger partial charge in [0.25, 0.3) is 0 Å². The largest absolute Gasteiger partial charge is 0.534 e. The van der Waals surface area contributed by atoms with Gasteiger partial charge in [0.15, 0.2) is 0 Å². The molecule has 5 aliphatic heterocycles. The predicted molar refractivity (Wildman–Crippen MR) is 373 cm³/mol. The summed E-state index contributed by atoms with van der Waals surface area (Å²) in [6.45, 7) is 33.4. The Balaban J connectivity index is 0.000000217. The summed E-state index contributed by atoms with van der Waals surface area (Å²) < 4.78 is 89.0. The van der Waals surface area contributed by atoms with Gasteiger partial charge in [-0.15, -0.1) is 0 Å². The molecule has 2 saturated carbocycles. The number of halogens is 3. The fourth-order valence-electron chi connectivity index (χ4n) is 13.6. The highest BCUT2D eigenvalue weighted by Gasteiger charge is 2.53. The Morgan fingerprint density at radius 3 is 1.21 bits per heavy atom. The summed E-state index contributed by atoms with van der Waals surface area (Å²) in [5.41, 5.74) is -3.15. The Morgan fingerprint density at radius 1 is 0.484 bits per heavy atom. The molecule has 5 heterocycles. The molecule has 5 fully saturated rings. The number of nitrogens with zero attached hydrogens (tertiary/aromatic N) is 4. The lowest BCUT2D eigenvalue weighted by molar-refractivity contribution is -0.0525. The van der Waals surface area contributed by atoms with Crippen LogP contribution in [0.4, 0.5) is 27.6 Å². The number of likely N-dealkylation sites (N-methyl/N-ethyl adjacent to an activating group) is 2. The van der Waals surface area contributed by atoms with Crippen molar-refractivity contribution >= 4 is 35.5 Å². The summed E-state index contributed by atoms with van der Waals surface area (Å²) in [7, 11) is 4.74. The van der Waals surface area contributed by atoms with Gasteiger partial charge in [0.05, 0.1) is 11.2 Å². The second kappa shape index (κ2) is 36.4. The molecule has 4 N–H and O–H groups in total. The van der Waals surface area contributed by atoms with Gasteiger partial charge in [-0.05, 0) is 320 Å². The maximum Gasteiger partial charge on any atom is 0.534 e. The van der Waals surface area contributed by atoms with E-state index in [4.69, 9.17) is 23.5 Å². The lowest BCUT2D eigenvalue weighted by Gasteiger charge is -2.38. The number of rotatable bonds is 10. The van der Waals surface area contributed by atoms with Crippen molar-refractivity contribution < 1.29 is 63.7 Å². The van der Waals surface area contributed by atoms with Crippen LogP contribution in [0.15, 0.2) is 46.7 Å². The minimum atomic E-state index is -5.50. The second-order valence-corrected chi connectivity index (χ2v) is 33.7. The average Bonchev–Trinajstić information content (AvgIpc) is 1.64. The van der Waals surface area contributed by atoms with Crippen LogP contribution in [0, 0.1) is 23.7 Å². The standard InChI is InChI=1S/C17H30BNO4.C17H32N2O2.C17H28N2O2.C13H26N2.C7H10F3NO3S/c1-15(2,3)21-14(20)19-13-10-8-12(9-11-13)18-22-16(4,5)17(6,7)23-18;2*1-17(2,3)21-16(20)18-15-7-5-13(6-8-15)14-9-11-19(4)12-10-14;1-14-13-5-3-11(4-6-13)12-7-9-15(2)10-8-12;1-11-4-2-6(3-5-11)14-15(12,13)7(8,9)10/h8,13H,9-11H2,1-7H3,(H,19,20);13-15H,5-12H2,1-4H3,(H,18,20);5,9,15H,6-8,10-12H2,1-4H3,(H,18,20);11-14H,3-10H2,1-2H3;2H,3-5H2,1H3. The number of ether oxygens (including phenoxy) is 3. The van der Waals surface area contributed by atoms with Gasteiger partial charge >= 0.3 is 41.0 Å². The first kappa shape index (κ1) is 81.8. The highest BCUT2D eigenvalue weighted by atomic mass is 32.2. The molecular formula is C71H126BF3N8O11S. The first-order valence-corrected chi connectivity index (χ1v) is 37.0. The van der Waals surface area contributed by atoms with E-state index in [1.54, 1.807) is 7.05 Å². The van der Waals surface area contributed by atoms with E-state index in [9.17, 15) is 36.0 Å². The molecule has 24 heteroatoms. The van der Waals surface area contributed by atoms with E-state index in [0.29, 0.717) is 19.1 Å². The van der Waals surface area contributed by atoms with Gasteiger partial charge < -0.3 is 68.6 Å². The van der Waals surface area contributed by atoms with E-state index in [1.165, 1.54) is 113 Å². The van der Waals surface area contributed by atoms with Crippen LogP contribution in [0.3, 0.4) is 0 Å². The number of nitrogens with one attached hydrogen (secondary N) is 4. The molecule has 4 aliphatic carbocycles. The molecular weight excluding hydrogens is 1240 g/mol. The van der Waals surface area contributed by atoms with Gasteiger partial charge in [0.1, 0.15) is 22.6 Å². The van der Waals surface area contributed by atoms with Crippen LogP contribution in [0.1, 0.15) is 218 Å². The zero-order valence-corrected chi connectivity index (χ0v) is 62.4. The number of hydrogen-bond acceptors (Lipinski definition) is 16. The Morgan fingerprint density at radius 2 is 0.863 bits per heavy atom. The van der Waals surface area contributed by atoms with Gasteiger partial charge in [-0.2, -0.15) is 21.6 Å². The first-order valence-electron chi connectivity index (χ1n) is 35.6. The number of hydrogen-bond donors (Lipinski definition) is 4. The smallest absolute Gasteiger partial charge is 0.444 e. The summed E-state index contributed by atoms with van der Waals surface area (Å²) in [6, 6.07) is 1.43. The third kappa shape index (κ3) is 29.4. The molecule has 0 aromatic rings. The molecule has 0 bridgehead atoms. The van der Waals surface area contributed by atoms with E-state index in [0.717, 1.165) is 101 Å². The molecule has 19 nitrogen and oxygen atoms in total. The number of piperidine rings is 2. The summed E-state index contributed by atoms with van der Waals surface area (Å²) in [6.07, 6.45) is 30.0. The van der Waals surface area contributed by atoms with Crippen molar-refractivity contribution in [1.82, 2.24) is 40.9 Å². The van der Waals surface area contributed by atoms with Crippen molar-refractivity contribution in [3.8, 4) is 0 Å². The average molecular weight is 1370 g/mol. The minimum Gasteiger partial charge on any atom is -0.444 e. The molecule has 3 saturated heterocycles. The molecule has 0 spiro atoms. The van der Waals surface area contributed by atoms with Crippen LogP contribution >= 0.6 is 0 Å². The van der Waals surface area contributed by atoms with E-state index < -0.39 is 32.4 Å². The lowest BCUT2D eigenvalue weighted by Crippen LogP contribution is -2.42. The summed E-state index contributed by atoms with van der Waals surface area (Å²) in [5.74, 6) is 3.71. The van der Waals surface area contributed by atoms with Crippen LogP contribution in [-0.2, 0) is 37.8 Å². The second-order valence-electron chi connectivity index (χ2n) is 32.2. The van der Waals surface area contributed by atoms with Crippen molar-refractivity contribution in [2.24, 2.45) is 23.7 Å². The molecule has 2 unspecified atom stereocenters. The Kier molecular flexibility index (Phi) is 31.4.